The minimum atomic E-state index is -2.06. The Kier molecular flexibility index (Phi) is 35.1. The highest BCUT2D eigenvalue weighted by Crippen LogP contribution is 2.30. The smallest absolute Gasteiger partial charge is 0.306 e. The van der Waals surface area contributed by atoms with Crippen LogP contribution in [0.25, 0.3) is 32.7 Å². The number of aromatic amines is 4. The van der Waals surface area contributed by atoms with Gasteiger partial charge in [0.2, 0.25) is 76.7 Å². The Bertz CT molecular complexity index is 5160. The van der Waals surface area contributed by atoms with Crippen LogP contribution in [-0.4, -0.2) is 315 Å². The molecule has 43 heteroatoms. The van der Waals surface area contributed by atoms with Crippen LogP contribution in [0.2, 0.25) is 0 Å². The van der Waals surface area contributed by atoms with E-state index in [1.54, 1.807) is 119 Å². The van der Waals surface area contributed by atoms with E-state index >= 15 is 0 Å². The van der Waals surface area contributed by atoms with E-state index in [0.717, 1.165) is 21.6 Å². The largest absolute Gasteiger partial charge is 0.497 e. The summed E-state index contributed by atoms with van der Waals surface area (Å²) < 4.78 is 0. The summed E-state index contributed by atoms with van der Waals surface area (Å²) in [7, 11) is 1.75. The lowest BCUT2D eigenvalue weighted by Gasteiger charge is -2.22. The van der Waals surface area contributed by atoms with E-state index in [9.17, 15) is 91.6 Å². The molecule has 8 rings (SSSR count). The van der Waals surface area contributed by atoms with E-state index in [0.29, 0.717) is 61.5 Å². The normalized spacial score (nSPS) is 22.5. The molecule has 41 nitrogen and oxygen atoms in total. The fourth-order valence-electron chi connectivity index (χ4n) is 12.8. The number of aliphatic carboxylic acids is 1. The first-order valence-corrected chi connectivity index (χ1v) is 41.3. The van der Waals surface area contributed by atoms with Gasteiger partial charge >= 0.3 is 5.97 Å². The van der Waals surface area contributed by atoms with Gasteiger partial charge in [0.1, 0.15) is 73.0 Å². The SMILES string of the molecule is CCC(C)C(N=C(C)O)C(O)=NC1CSSCC(C(O)=NC(C(=N)O)C(C)O)N=C(O)C(CCCNC(=N)N)N=C(O)C(Cc2cnc[nH]2)N=C(O)C(Cc2c[nH]c3ccccc23)N=C(O)CN=C(O)C(Cc2c[nH]c3ccccc23)N=C(O)C(CC(=O)O)N=C(O)C(CCC(=N)O)N=C(O)C(Cc2c[nH]c3ccccc23)N=C(O)C(C(C)C)N=C1O. The third kappa shape index (κ3) is 27.8. The number of fused-ring (bicyclic) bond motifs is 3. The fraction of sp³-hybridized carbons (Fsp3) is 0.443. The molecule has 122 heavy (non-hydrogen) atoms. The van der Waals surface area contributed by atoms with Crippen molar-refractivity contribution in [3.8, 4) is 0 Å². The second-order valence-electron chi connectivity index (χ2n) is 29.1. The highest BCUT2D eigenvalue weighted by Gasteiger charge is 2.34. The summed E-state index contributed by atoms with van der Waals surface area (Å²) in [5, 5.41) is 227. The average molecular weight is 1730 g/mol. The van der Waals surface area contributed by atoms with Crippen LogP contribution in [0.5, 0.6) is 0 Å². The maximum Gasteiger partial charge on any atom is 0.306 e. The summed E-state index contributed by atoms with van der Waals surface area (Å²) in [6.45, 7) is 8.17. The van der Waals surface area contributed by atoms with Gasteiger partial charge in [-0.3, -0.25) is 21.0 Å². The maximum atomic E-state index is 12.8. The highest BCUT2D eigenvalue weighted by atomic mass is 33.1. The quantitative estimate of drug-likeness (QED) is 0.00984. The molecule has 1 aliphatic rings. The van der Waals surface area contributed by atoms with Crippen LogP contribution in [-0.2, 0) is 30.5 Å². The number of H-pyrrole nitrogens is 4. The van der Waals surface area contributed by atoms with Crippen molar-refractivity contribution in [3.05, 3.63) is 126 Å². The summed E-state index contributed by atoms with van der Waals surface area (Å²) in [5.41, 5.74) is 9.29. The predicted molar refractivity (Wildman–Crippen MR) is 477 cm³/mol. The standard InChI is InChI=1S/C79H105N23O18S2/c1-7-39(4)65(91-41(6)104)78(120)100-60-36-122-121-35-59(76(118)102-66(40(5)103)67(81)109)99-69(111)52(21-14-24-85-79(82)83)93-73(115)57(28-45-33-84-37-90-45)96-71(113)55(26-43-31-87-50-19-12-9-16-47(43)50)92-62(106)34-89-68(110)54(25-42-30-86-49-18-11-8-15-46(42)49)95-74(116)58(29-63(107)108)97-70(112)53(22-23-61(80)105)94-72(114)56(98-77(119)64(38(2)3)101-75(60)117)27-44-32-88-51-20-13-10-17-48(44)51/h8-13,15-20,30-33,37-40,52-60,64-66,86-88,103H,7,14,21-29,34-36H2,1-6H3,(H2,80,105)(H2,81,109)(H,84,90)(H,89,110)(H,91,104)(H,92,106)(H,93,115)(H,94,114)(H,95,116)(H,96,113)(H,97,112)(H,98,119)(H,99,111)(H,100,120)(H,101,117)(H,102,118)(H,107,108)(H4,82,83,85). The molecule has 0 saturated carbocycles. The zero-order valence-corrected chi connectivity index (χ0v) is 69.2. The third-order valence-electron chi connectivity index (χ3n) is 19.4. The Labute approximate surface area is 707 Å². The monoisotopic (exact) mass is 1730 g/mol. The second-order valence-corrected chi connectivity index (χ2v) is 31.7. The number of aromatic nitrogens is 5. The third-order valence-corrected chi connectivity index (χ3v) is 21.8. The van der Waals surface area contributed by atoms with Crippen molar-refractivity contribution in [1.82, 2.24) is 30.2 Å². The van der Waals surface area contributed by atoms with Crippen molar-refractivity contribution in [1.29, 1.82) is 16.2 Å². The molecule has 0 fully saturated rings. The lowest BCUT2D eigenvalue weighted by Crippen LogP contribution is -2.35. The Balaban J connectivity index is 1.39. The van der Waals surface area contributed by atoms with Crippen LogP contribution in [0, 0.1) is 28.1 Å². The molecule has 14 unspecified atom stereocenters. The number of benzene rings is 3. The number of carboxylic acid groups (broad SMARTS) is 1. The molecular formula is C79H105N23O18S2. The molecule has 7 aromatic rings. The number of hydrogen-bond donors (Lipinski definition) is 26. The molecule has 656 valence electrons. The van der Waals surface area contributed by atoms with Crippen LogP contribution in [0.15, 0.2) is 169 Å². The fourth-order valence-corrected chi connectivity index (χ4v) is 15.0. The molecule has 14 atom stereocenters. The van der Waals surface area contributed by atoms with Crippen LogP contribution < -0.4 is 11.1 Å². The molecule has 0 amide bonds. The first kappa shape index (κ1) is 94.4. The van der Waals surface area contributed by atoms with Gasteiger partial charge in [0.15, 0.2) is 23.8 Å². The van der Waals surface area contributed by atoms with Gasteiger partial charge in [-0.25, -0.2) is 69.9 Å². The number of aliphatic imine (C=N–C) groups is 13. The summed E-state index contributed by atoms with van der Waals surface area (Å²) in [6, 6.07) is 0.982. The number of nitrogens with one attached hydrogen (secondary N) is 8. The van der Waals surface area contributed by atoms with Crippen LogP contribution in [0.4, 0.5) is 0 Å². The van der Waals surface area contributed by atoms with Crippen LogP contribution in [0.1, 0.15) is 102 Å². The number of nitrogens with two attached hydrogens (primary N) is 1. The highest BCUT2D eigenvalue weighted by molar-refractivity contribution is 8.76. The van der Waals surface area contributed by atoms with Gasteiger partial charge in [0, 0.05) is 120 Å². The Morgan fingerprint density at radius 2 is 1.04 bits per heavy atom. The lowest BCUT2D eigenvalue weighted by atomic mass is 9.99. The Morgan fingerprint density at radius 3 is 1.53 bits per heavy atom. The van der Waals surface area contributed by atoms with Gasteiger partial charge in [-0.05, 0) is 72.9 Å². The molecule has 4 aromatic heterocycles. The molecule has 27 N–H and O–H groups in total. The first-order valence-electron chi connectivity index (χ1n) is 38.8. The zero-order valence-electron chi connectivity index (χ0n) is 67.5. The number of aliphatic hydroxyl groups is 16. The minimum absolute atomic E-state index is 0.0202. The van der Waals surface area contributed by atoms with Gasteiger partial charge in [-0.1, -0.05) is 110 Å². The molecule has 3 aromatic carbocycles. The first-order chi connectivity index (χ1) is 58.1. The van der Waals surface area contributed by atoms with Crippen LogP contribution in [0.3, 0.4) is 0 Å². The molecule has 0 radical (unpaired) electrons. The van der Waals surface area contributed by atoms with Gasteiger partial charge in [0.05, 0.1) is 18.9 Å². The number of nitrogens with zero attached hydrogens (tertiary/aromatic N) is 14. The molecule has 0 aliphatic carbocycles. The van der Waals surface area contributed by atoms with Gasteiger partial charge in [0.25, 0.3) is 0 Å². The van der Waals surface area contributed by atoms with Crippen molar-refractivity contribution >= 4 is 155 Å². The van der Waals surface area contributed by atoms with E-state index in [1.807, 2.05) is 0 Å². The minimum Gasteiger partial charge on any atom is -0.497 e. The second kappa shape index (κ2) is 45.4. The number of aliphatic hydroxyl groups excluding tert-OH is 16. The number of para-hydroxylation sites is 3. The van der Waals surface area contributed by atoms with Gasteiger partial charge in [-0.15, -0.1) is 0 Å². The predicted octanol–water partition coefficient (Wildman–Crippen LogP) is 10.1. The molecule has 0 saturated heterocycles. The number of carbonyl (C=O) groups is 1. The van der Waals surface area contributed by atoms with Crippen molar-refractivity contribution in [2.45, 2.75) is 184 Å². The number of imidazole rings is 1. The van der Waals surface area contributed by atoms with Crippen LogP contribution >= 0.6 is 21.6 Å². The summed E-state index contributed by atoms with van der Waals surface area (Å²) in [6.07, 6.45) is 2.59. The summed E-state index contributed by atoms with van der Waals surface area (Å²) in [5.74, 6) is -17.8. The van der Waals surface area contributed by atoms with E-state index in [2.05, 4.69) is 95.1 Å². The summed E-state index contributed by atoms with van der Waals surface area (Å²) in [4.78, 5) is 86.0. The van der Waals surface area contributed by atoms with E-state index in [4.69, 9.17) is 22.0 Å². The zero-order chi connectivity index (χ0) is 89.0. The number of carboxylic acids is 1. The topological polar surface area (TPSA) is 707 Å². The van der Waals surface area contributed by atoms with Gasteiger partial charge < -0.3 is 118 Å². The number of hydrogen-bond acceptors (Lipinski definition) is 21. The molecule has 5 heterocycles. The Hall–Kier alpha value is -13.1. The molecule has 0 bridgehead atoms. The number of rotatable bonds is 27. The maximum absolute atomic E-state index is 12.8. The van der Waals surface area contributed by atoms with E-state index in [-0.39, 0.29) is 50.8 Å². The number of guanidine groups is 1. The van der Waals surface area contributed by atoms with E-state index < -0.39 is 222 Å². The molecule has 0 spiro atoms. The van der Waals surface area contributed by atoms with Crippen molar-refractivity contribution in [3.63, 3.8) is 0 Å². The van der Waals surface area contributed by atoms with Crippen molar-refractivity contribution in [2.24, 2.45) is 82.5 Å². The lowest BCUT2D eigenvalue weighted by molar-refractivity contribution is -0.137. The van der Waals surface area contributed by atoms with Crippen molar-refractivity contribution < 1.29 is 91.6 Å². The molecular weight excluding hydrogens is 1620 g/mol. The van der Waals surface area contributed by atoms with Crippen molar-refractivity contribution in [2.75, 3.05) is 24.6 Å². The van der Waals surface area contributed by atoms with Gasteiger partial charge in [-0.2, -0.15) is 0 Å². The van der Waals surface area contributed by atoms with E-state index in [1.165, 1.54) is 26.4 Å². The average Bonchev–Trinajstić information content (AvgIpc) is 1.66. The molecule has 1 aliphatic heterocycles. The Morgan fingerprint density at radius 1 is 0.566 bits per heavy atom. The summed E-state index contributed by atoms with van der Waals surface area (Å²) >= 11 is 0.